The van der Waals surface area contributed by atoms with E-state index in [1.807, 2.05) is 0 Å². The molecule has 0 amide bonds. The quantitative estimate of drug-likeness (QED) is 0.390. The first kappa shape index (κ1) is 19.4. The topological polar surface area (TPSA) is 74.4 Å². The number of Topliss-reactive ketones (excluding diaryl/α,β-unsaturated/α-hetero) is 1. The van der Waals surface area contributed by atoms with Gasteiger partial charge in [-0.25, -0.2) is 0 Å². The van der Waals surface area contributed by atoms with Crippen molar-refractivity contribution in [3.05, 3.63) is 11.6 Å². The van der Waals surface area contributed by atoms with Crippen molar-refractivity contribution in [1.29, 1.82) is 0 Å². The minimum atomic E-state index is -0.996. The number of epoxide rings is 1. The predicted molar refractivity (Wildman–Crippen MR) is 106 cm³/mol. The Morgan fingerprint density at radius 3 is 2.53 bits per heavy atom. The summed E-state index contributed by atoms with van der Waals surface area (Å²) in [4.78, 5) is 24.8. The van der Waals surface area contributed by atoms with E-state index in [-0.39, 0.29) is 28.4 Å². The van der Waals surface area contributed by atoms with Gasteiger partial charge >= 0.3 is 5.97 Å². The smallest absolute Gasteiger partial charge is 0.303 e. The van der Waals surface area contributed by atoms with Crippen LogP contribution in [0.5, 0.6) is 0 Å². The van der Waals surface area contributed by atoms with E-state index in [1.54, 1.807) is 6.92 Å². The molecule has 0 aromatic rings. The number of rotatable bonds is 2. The third-order valence-corrected chi connectivity index (χ3v) is 9.68. The van der Waals surface area contributed by atoms with E-state index < -0.39 is 11.4 Å². The van der Waals surface area contributed by atoms with Crippen LogP contribution in [0.2, 0.25) is 0 Å². The Kier molecular flexibility index (Phi) is 3.73. The molecule has 2 saturated heterocycles. The normalized spacial score (nSPS) is 50.0. The van der Waals surface area contributed by atoms with Crippen molar-refractivity contribution >= 4 is 11.8 Å². The van der Waals surface area contributed by atoms with Crippen LogP contribution < -0.4 is 0 Å². The Morgan fingerprint density at radius 1 is 1.07 bits per heavy atom. The molecule has 3 saturated carbocycles. The van der Waals surface area contributed by atoms with Crippen LogP contribution in [-0.2, 0) is 28.5 Å². The van der Waals surface area contributed by atoms with E-state index in [2.05, 4.69) is 13.0 Å². The van der Waals surface area contributed by atoms with Crippen molar-refractivity contribution in [2.24, 2.45) is 17.3 Å². The summed E-state index contributed by atoms with van der Waals surface area (Å²) >= 11 is 0. The number of fused-ring (bicyclic) bond motifs is 3. The molecule has 4 aliphatic carbocycles. The third kappa shape index (κ3) is 2.11. The van der Waals surface area contributed by atoms with Gasteiger partial charge < -0.3 is 18.9 Å². The molecule has 6 rings (SSSR count). The summed E-state index contributed by atoms with van der Waals surface area (Å²) in [5.41, 5.74) is -0.202. The van der Waals surface area contributed by atoms with Crippen molar-refractivity contribution in [3.63, 3.8) is 0 Å². The zero-order valence-electron chi connectivity index (χ0n) is 18.3. The lowest BCUT2D eigenvalue weighted by Crippen LogP contribution is -2.57. The van der Waals surface area contributed by atoms with Crippen molar-refractivity contribution < 1.29 is 28.5 Å². The molecule has 164 valence electrons. The predicted octanol–water partition coefficient (Wildman–Crippen LogP) is 3.47. The van der Waals surface area contributed by atoms with E-state index in [4.69, 9.17) is 18.9 Å². The molecule has 0 N–H and O–H groups in total. The fourth-order valence-corrected chi connectivity index (χ4v) is 8.39. The van der Waals surface area contributed by atoms with E-state index in [1.165, 1.54) is 12.5 Å². The Morgan fingerprint density at radius 2 is 1.83 bits per heavy atom. The molecule has 6 heteroatoms. The van der Waals surface area contributed by atoms with Gasteiger partial charge in [-0.2, -0.15) is 0 Å². The fourth-order valence-electron chi connectivity index (χ4n) is 8.39. The summed E-state index contributed by atoms with van der Waals surface area (Å²) in [6, 6.07) is 0. The van der Waals surface area contributed by atoms with Crippen LogP contribution in [-0.4, -0.2) is 47.6 Å². The fraction of sp³-hybridized carbons (Fsp3) is 0.833. The summed E-state index contributed by atoms with van der Waals surface area (Å²) in [6.45, 7) is 6.54. The van der Waals surface area contributed by atoms with Gasteiger partial charge in [-0.15, -0.1) is 0 Å². The maximum Gasteiger partial charge on any atom is 0.303 e. The first-order chi connectivity index (χ1) is 14.2. The summed E-state index contributed by atoms with van der Waals surface area (Å²) in [7, 11) is 0. The molecule has 0 aromatic carbocycles. The highest BCUT2D eigenvalue weighted by molar-refractivity contribution is 5.89. The second-order valence-electron chi connectivity index (χ2n) is 10.8. The SMILES string of the molecule is CC(=O)O[C@]1(C(C)=O)CC[C@H]2[C@@H]3CC[C@@]45CC6(CC[C@@]4(O5)C3=CC[C@@]21C)OCCO6. The van der Waals surface area contributed by atoms with Crippen LogP contribution in [0.25, 0.3) is 0 Å². The first-order valence-corrected chi connectivity index (χ1v) is 11.6. The van der Waals surface area contributed by atoms with E-state index in [9.17, 15) is 9.59 Å². The van der Waals surface area contributed by atoms with Crippen LogP contribution in [0.3, 0.4) is 0 Å². The highest BCUT2D eigenvalue weighted by Gasteiger charge is 2.80. The van der Waals surface area contributed by atoms with Crippen LogP contribution in [0.4, 0.5) is 0 Å². The molecule has 0 unspecified atom stereocenters. The molecular weight excluding hydrogens is 384 g/mol. The molecule has 6 aliphatic rings. The largest absolute Gasteiger partial charge is 0.451 e. The molecule has 0 radical (unpaired) electrons. The Hall–Kier alpha value is -1.24. The number of carbonyl (C=O) groups is 2. The molecule has 5 fully saturated rings. The molecule has 30 heavy (non-hydrogen) atoms. The molecule has 6 atom stereocenters. The molecule has 2 aliphatic heterocycles. The monoisotopic (exact) mass is 416 g/mol. The van der Waals surface area contributed by atoms with Gasteiger partial charge in [0.2, 0.25) is 0 Å². The highest BCUT2D eigenvalue weighted by atomic mass is 16.7. The van der Waals surface area contributed by atoms with Crippen molar-refractivity contribution in [1.82, 2.24) is 0 Å². The first-order valence-electron chi connectivity index (χ1n) is 11.6. The van der Waals surface area contributed by atoms with Crippen LogP contribution in [0.15, 0.2) is 11.6 Å². The lowest BCUT2D eigenvalue weighted by Gasteiger charge is -2.52. The minimum absolute atomic E-state index is 0.0133. The molecule has 6 nitrogen and oxygen atoms in total. The Bertz CT molecular complexity index is 858. The van der Waals surface area contributed by atoms with Gasteiger partial charge in [0.1, 0.15) is 11.2 Å². The zero-order chi connectivity index (χ0) is 21.0. The van der Waals surface area contributed by atoms with Crippen LogP contribution >= 0.6 is 0 Å². The van der Waals surface area contributed by atoms with Crippen molar-refractivity contribution in [2.75, 3.05) is 13.2 Å². The van der Waals surface area contributed by atoms with Gasteiger partial charge in [0, 0.05) is 25.2 Å². The Labute approximate surface area is 177 Å². The summed E-state index contributed by atoms with van der Waals surface area (Å²) in [6.07, 6.45) is 9.38. The lowest BCUT2D eigenvalue weighted by molar-refractivity contribution is -0.186. The number of ketones is 1. The maximum atomic E-state index is 12.8. The molecule has 2 heterocycles. The second kappa shape index (κ2) is 5.76. The highest BCUT2D eigenvalue weighted by Crippen LogP contribution is 2.74. The van der Waals surface area contributed by atoms with Gasteiger partial charge in [-0.1, -0.05) is 13.0 Å². The zero-order valence-corrected chi connectivity index (χ0v) is 18.3. The average molecular weight is 417 g/mol. The third-order valence-electron chi connectivity index (χ3n) is 9.68. The van der Waals surface area contributed by atoms with E-state index >= 15 is 0 Å². The van der Waals surface area contributed by atoms with Crippen LogP contribution in [0, 0.1) is 17.3 Å². The standard InChI is InChI=1S/C24H32O6/c1-15(25)23(29-16(2)26)9-6-18-17-4-8-21-14-22(27-12-13-28-22)10-11-24(21,30-21)19(17)5-7-20(18,23)3/h5,17-18H,4,6-14H2,1-3H3/t17-,18-,20-,21+,23-,24+/m0/s1. The van der Waals surface area contributed by atoms with Gasteiger partial charge in [0.05, 0.1) is 13.2 Å². The van der Waals surface area contributed by atoms with Crippen LogP contribution in [0.1, 0.15) is 72.1 Å². The number of hydrogen-bond acceptors (Lipinski definition) is 6. The van der Waals surface area contributed by atoms with Gasteiger partial charge in [-0.05, 0) is 62.9 Å². The van der Waals surface area contributed by atoms with Crippen molar-refractivity contribution in [3.8, 4) is 0 Å². The molecule has 1 spiro atoms. The second-order valence-corrected chi connectivity index (χ2v) is 10.8. The minimum Gasteiger partial charge on any atom is -0.451 e. The Balaban J connectivity index is 1.35. The number of carbonyl (C=O) groups excluding carboxylic acids is 2. The number of esters is 1. The van der Waals surface area contributed by atoms with E-state index in [0.29, 0.717) is 31.5 Å². The summed E-state index contributed by atoms with van der Waals surface area (Å²) in [5, 5.41) is 0. The van der Waals surface area contributed by atoms with E-state index in [0.717, 1.165) is 44.9 Å². The summed E-state index contributed by atoms with van der Waals surface area (Å²) in [5.74, 6) is -0.0745. The van der Waals surface area contributed by atoms with Gasteiger partial charge in [0.25, 0.3) is 0 Å². The molecule has 0 aromatic heterocycles. The number of ether oxygens (including phenoxy) is 4. The van der Waals surface area contributed by atoms with Gasteiger partial charge in [-0.3, -0.25) is 9.59 Å². The molecular formula is C24H32O6. The maximum absolute atomic E-state index is 12.8. The van der Waals surface area contributed by atoms with Crippen molar-refractivity contribution in [2.45, 2.75) is 94.7 Å². The lowest BCUT2D eigenvalue weighted by atomic mass is 9.52. The molecule has 0 bridgehead atoms. The van der Waals surface area contributed by atoms with Gasteiger partial charge in [0.15, 0.2) is 17.2 Å². The number of allylic oxidation sites excluding steroid dienone is 1. The number of hydrogen-bond donors (Lipinski definition) is 0. The average Bonchev–Trinajstić information content (AvgIpc) is 3.00. The summed E-state index contributed by atoms with van der Waals surface area (Å²) < 4.78 is 24.5.